The highest BCUT2D eigenvalue weighted by Crippen LogP contribution is 2.26. The average Bonchev–Trinajstić information content (AvgIpc) is 2.70. The quantitative estimate of drug-likeness (QED) is 0.939. The van der Waals surface area contributed by atoms with Crippen LogP contribution in [0, 0.1) is 23.4 Å². The van der Waals surface area contributed by atoms with E-state index in [1.165, 1.54) is 4.57 Å². The first-order valence-corrected chi connectivity index (χ1v) is 6.12. The maximum absolute atomic E-state index is 13.8. The third kappa shape index (κ3) is 2.67. The van der Waals surface area contributed by atoms with E-state index in [4.69, 9.17) is 0 Å². The number of aliphatic hydroxyl groups is 1. The Kier molecular flexibility index (Phi) is 4.08. The lowest BCUT2D eigenvalue weighted by Crippen LogP contribution is -2.11. The number of rotatable bonds is 4. The highest BCUT2D eigenvalue weighted by atomic mass is 19.1. The molecule has 0 aliphatic carbocycles. The Hall–Kier alpha value is -1.89. The molecule has 0 fully saturated rings. The Morgan fingerprint density at radius 3 is 2.25 bits per heavy atom. The van der Waals surface area contributed by atoms with Crippen molar-refractivity contribution in [3.8, 4) is 11.4 Å². The van der Waals surface area contributed by atoms with E-state index in [-0.39, 0.29) is 17.6 Å². The van der Waals surface area contributed by atoms with Crippen LogP contribution in [0.15, 0.2) is 12.1 Å². The summed E-state index contributed by atoms with van der Waals surface area (Å²) in [5, 5.41) is 16.6. The summed E-state index contributed by atoms with van der Waals surface area (Å²) in [6, 6.07) is 1.18. The fraction of sp³-hybridized carbons (Fsp3) is 0.385. The molecule has 0 aliphatic rings. The molecule has 0 saturated carbocycles. The molecular weight excluding hydrogens is 271 g/mol. The molecule has 1 aromatic heterocycles. The van der Waals surface area contributed by atoms with Gasteiger partial charge in [0.15, 0.2) is 11.6 Å². The van der Waals surface area contributed by atoms with E-state index in [1.807, 2.05) is 13.8 Å². The van der Waals surface area contributed by atoms with Crippen LogP contribution in [-0.4, -0.2) is 19.9 Å². The van der Waals surface area contributed by atoms with Gasteiger partial charge < -0.3 is 9.67 Å². The molecule has 1 N–H and O–H groups in total. The Balaban J connectivity index is 2.61. The van der Waals surface area contributed by atoms with Gasteiger partial charge in [-0.2, -0.15) is 0 Å². The summed E-state index contributed by atoms with van der Waals surface area (Å²) in [6.45, 7) is 3.79. The van der Waals surface area contributed by atoms with Crippen LogP contribution < -0.4 is 0 Å². The van der Waals surface area contributed by atoms with E-state index in [9.17, 15) is 18.3 Å². The minimum atomic E-state index is -1.05. The Bertz CT molecular complexity index is 602. The monoisotopic (exact) mass is 285 g/mol. The molecule has 0 bridgehead atoms. The number of halogens is 3. The molecule has 7 heteroatoms. The van der Waals surface area contributed by atoms with Gasteiger partial charge in [-0.05, 0) is 5.92 Å². The zero-order valence-electron chi connectivity index (χ0n) is 11.1. The standard InChI is InChI=1S/C13H14F3N3O/c1-7(2)5-19-11(6-20)17-18-13(19)12-9(15)3-8(14)4-10(12)16/h3-4,7,20H,5-6H2,1-2H3. The second kappa shape index (κ2) is 5.62. The molecule has 4 nitrogen and oxygen atoms in total. The molecule has 2 aromatic rings. The van der Waals surface area contributed by atoms with Crippen molar-refractivity contribution in [2.75, 3.05) is 0 Å². The van der Waals surface area contributed by atoms with Gasteiger partial charge in [0.1, 0.15) is 24.1 Å². The molecule has 0 saturated heterocycles. The van der Waals surface area contributed by atoms with Crippen LogP contribution in [0.25, 0.3) is 11.4 Å². The van der Waals surface area contributed by atoms with Crippen LogP contribution in [0.1, 0.15) is 19.7 Å². The molecule has 0 radical (unpaired) electrons. The first-order chi connectivity index (χ1) is 9.43. The highest BCUT2D eigenvalue weighted by molar-refractivity contribution is 5.57. The van der Waals surface area contributed by atoms with Gasteiger partial charge in [0.25, 0.3) is 0 Å². The summed E-state index contributed by atoms with van der Waals surface area (Å²) in [7, 11) is 0. The maximum atomic E-state index is 13.8. The number of hydrogen-bond donors (Lipinski definition) is 1. The molecular formula is C13H14F3N3O. The summed E-state index contributed by atoms with van der Waals surface area (Å²) in [6.07, 6.45) is 0. The van der Waals surface area contributed by atoms with Crippen LogP contribution in [-0.2, 0) is 13.2 Å². The van der Waals surface area contributed by atoms with Gasteiger partial charge in [-0.1, -0.05) is 13.8 Å². The number of nitrogens with zero attached hydrogens (tertiary/aromatic N) is 3. The fourth-order valence-electron chi connectivity index (χ4n) is 1.95. The topological polar surface area (TPSA) is 50.9 Å². The zero-order valence-corrected chi connectivity index (χ0v) is 11.1. The largest absolute Gasteiger partial charge is 0.388 e. The summed E-state index contributed by atoms with van der Waals surface area (Å²) in [4.78, 5) is 0. The summed E-state index contributed by atoms with van der Waals surface area (Å²) >= 11 is 0. The van der Waals surface area contributed by atoms with Gasteiger partial charge >= 0.3 is 0 Å². The van der Waals surface area contributed by atoms with Crippen LogP contribution in [0.4, 0.5) is 13.2 Å². The van der Waals surface area contributed by atoms with Gasteiger partial charge in [0.05, 0.1) is 5.56 Å². The predicted octanol–water partition coefficient (Wildman–Crippen LogP) is 2.51. The smallest absolute Gasteiger partial charge is 0.170 e. The van der Waals surface area contributed by atoms with E-state index >= 15 is 0 Å². The molecule has 1 heterocycles. The molecule has 20 heavy (non-hydrogen) atoms. The van der Waals surface area contributed by atoms with E-state index < -0.39 is 29.6 Å². The maximum Gasteiger partial charge on any atom is 0.170 e. The molecule has 0 amide bonds. The number of benzene rings is 1. The van der Waals surface area contributed by atoms with Gasteiger partial charge in [0.2, 0.25) is 0 Å². The van der Waals surface area contributed by atoms with Crippen molar-refractivity contribution in [2.45, 2.75) is 27.0 Å². The van der Waals surface area contributed by atoms with E-state index in [0.29, 0.717) is 18.7 Å². The lowest BCUT2D eigenvalue weighted by molar-refractivity contribution is 0.262. The summed E-state index contributed by atoms with van der Waals surface area (Å²) in [5.74, 6) is -2.80. The average molecular weight is 285 g/mol. The first kappa shape index (κ1) is 14.5. The Labute approximate surface area is 113 Å². The molecule has 108 valence electrons. The van der Waals surface area contributed by atoms with Crippen LogP contribution in [0.2, 0.25) is 0 Å². The first-order valence-electron chi connectivity index (χ1n) is 6.12. The minimum absolute atomic E-state index is 0.0576. The normalized spacial score (nSPS) is 11.3. The van der Waals surface area contributed by atoms with Crippen molar-refractivity contribution in [1.82, 2.24) is 14.8 Å². The second-order valence-electron chi connectivity index (χ2n) is 4.85. The van der Waals surface area contributed by atoms with Crippen molar-refractivity contribution in [2.24, 2.45) is 5.92 Å². The number of aliphatic hydroxyl groups excluding tert-OH is 1. The van der Waals surface area contributed by atoms with E-state index in [1.54, 1.807) is 0 Å². The van der Waals surface area contributed by atoms with Crippen LogP contribution in [0.3, 0.4) is 0 Å². The third-order valence-corrected chi connectivity index (χ3v) is 2.75. The molecule has 0 aliphatic heterocycles. The van der Waals surface area contributed by atoms with Crippen molar-refractivity contribution in [3.05, 3.63) is 35.4 Å². The highest BCUT2D eigenvalue weighted by Gasteiger charge is 2.21. The van der Waals surface area contributed by atoms with E-state index in [0.717, 1.165) is 0 Å². The minimum Gasteiger partial charge on any atom is -0.388 e. The molecule has 0 atom stereocenters. The van der Waals surface area contributed by atoms with Crippen molar-refractivity contribution in [1.29, 1.82) is 0 Å². The Morgan fingerprint density at radius 2 is 1.75 bits per heavy atom. The molecule has 1 aromatic carbocycles. The lowest BCUT2D eigenvalue weighted by Gasteiger charge is -2.12. The zero-order chi connectivity index (χ0) is 14.9. The van der Waals surface area contributed by atoms with Crippen LogP contribution >= 0.6 is 0 Å². The molecule has 2 rings (SSSR count). The van der Waals surface area contributed by atoms with Crippen molar-refractivity contribution in [3.63, 3.8) is 0 Å². The fourth-order valence-corrected chi connectivity index (χ4v) is 1.95. The van der Waals surface area contributed by atoms with Crippen molar-refractivity contribution >= 4 is 0 Å². The molecule has 0 spiro atoms. The second-order valence-corrected chi connectivity index (χ2v) is 4.85. The number of hydrogen-bond acceptors (Lipinski definition) is 3. The SMILES string of the molecule is CC(C)Cn1c(CO)nnc1-c1c(F)cc(F)cc1F. The molecule has 0 unspecified atom stereocenters. The van der Waals surface area contributed by atoms with E-state index in [2.05, 4.69) is 10.2 Å². The van der Waals surface area contributed by atoms with Gasteiger partial charge in [0, 0.05) is 18.7 Å². The summed E-state index contributed by atoms with van der Waals surface area (Å²) in [5.41, 5.74) is -0.445. The number of aromatic nitrogens is 3. The van der Waals surface area contributed by atoms with Gasteiger partial charge in [-0.15, -0.1) is 10.2 Å². The lowest BCUT2D eigenvalue weighted by atomic mass is 10.1. The third-order valence-electron chi connectivity index (χ3n) is 2.75. The van der Waals surface area contributed by atoms with Crippen LogP contribution in [0.5, 0.6) is 0 Å². The Morgan fingerprint density at radius 1 is 1.15 bits per heavy atom. The van der Waals surface area contributed by atoms with Gasteiger partial charge in [-0.25, -0.2) is 13.2 Å². The summed E-state index contributed by atoms with van der Waals surface area (Å²) < 4.78 is 42.0. The van der Waals surface area contributed by atoms with Gasteiger partial charge in [-0.3, -0.25) is 0 Å². The predicted molar refractivity (Wildman–Crippen MR) is 66.1 cm³/mol. The van der Waals surface area contributed by atoms with Crippen molar-refractivity contribution < 1.29 is 18.3 Å².